The van der Waals surface area contributed by atoms with Crippen LogP contribution in [0.25, 0.3) is 0 Å². The molecule has 1 saturated heterocycles. The molecule has 4 nitrogen and oxygen atoms in total. The summed E-state index contributed by atoms with van der Waals surface area (Å²) in [5, 5.41) is 10.4. The molecule has 1 aliphatic heterocycles. The van der Waals surface area contributed by atoms with Gasteiger partial charge in [-0.05, 0) is 69.2 Å². The number of ether oxygens (including phenoxy) is 1. The van der Waals surface area contributed by atoms with Crippen molar-refractivity contribution in [2.45, 2.75) is 70.4 Å². The van der Waals surface area contributed by atoms with Gasteiger partial charge in [0.1, 0.15) is 24.2 Å². The van der Waals surface area contributed by atoms with Crippen LogP contribution in [0.15, 0.2) is 24.3 Å². The summed E-state index contributed by atoms with van der Waals surface area (Å²) < 4.78 is 5.78. The first-order chi connectivity index (χ1) is 12.6. The summed E-state index contributed by atoms with van der Waals surface area (Å²) >= 11 is 0. The molecule has 144 valence electrons. The number of piperidine rings is 1. The number of aryl methyl sites for hydroxylation is 1. The van der Waals surface area contributed by atoms with Crippen LogP contribution in [0.5, 0.6) is 5.75 Å². The van der Waals surface area contributed by atoms with Gasteiger partial charge in [-0.2, -0.15) is 0 Å². The lowest BCUT2D eigenvalue weighted by Gasteiger charge is -2.44. The Bertz CT molecular complexity index is 569. The minimum absolute atomic E-state index is 0.214. The number of hydrogen-bond donors (Lipinski definition) is 1. The molecule has 3 unspecified atom stereocenters. The van der Waals surface area contributed by atoms with Gasteiger partial charge in [-0.1, -0.05) is 25.0 Å². The van der Waals surface area contributed by atoms with E-state index in [-0.39, 0.29) is 5.78 Å². The second-order valence-corrected chi connectivity index (χ2v) is 8.06. The van der Waals surface area contributed by atoms with Crippen molar-refractivity contribution in [3.63, 3.8) is 0 Å². The standard InChI is InChI=1S/C22H33NO3/c1-17(24)8-9-18-10-12-21(13-11-18)26-16-20(25)15-23-14-4-6-19-5-2-3-7-22(19)23/h10-13,19-20,22,25H,2-9,14-16H2,1H3. The molecule has 0 amide bonds. The molecule has 0 aromatic heterocycles. The molecule has 0 radical (unpaired) electrons. The van der Waals surface area contributed by atoms with Crippen LogP contribution in [0.1, 0.15) is 57.4 Å². The number of likely N-dealkylation sites (tertiary alicyclic amines) is 1. The molecule has 0 bridgehead atoms. The monoisotopic (exact) mass is 359 g/mol. The Hall–Kier alpha value is -1.39. The van der Waals surface area contributed by atoms with Crippen LogP contribution in [0.4, 0.5) is 0 Å². The van der Waals surface area contributed by atoms with Gasteiger partial charge < -0.3 is 14.6 Å². The summed E-state index contributed by atoms with van der Waals surface area (Å²) in [6, 6.07) is 8.54. The third-order valence-corrected chi connectivity index (χ3v) is 5.93. The molecule has 1 aromatic carbocycles. The van der Waals surface area contributed by atoms with Crippen LogP contribution in [0.3, 0.4) is 0 Å². The quantitative estimate of drug-likeness (QED) is 0.770. The molecule has 1 saturated carbocycles. The Balaban J connectivity index is 1.43. The Kier molecular flexibility index (Phi) is 7.09. The largest absolute Gasteiger partial charge is 0.491 e. The molecular formula is C22H33NO3. The fraction of sp³-hybridized carbons (Fsp3) is 0.682. The second-order valence-electron chi connectivity index (χ2n) is 8.06. The van der Waals surface area contributed by atoms with E-state index in [1.165, 1.54) is 38.5 Å². The Morgan fingerprint density at radius 1 is 1.19 bits per heavy atom. The summed E-state index contributed by atoms with van der Waals surface area (Å²) in [4.78, 5) is 13.6. The molecule has 1 aliphatic carbocycles. The number of hydrogen-bond acceptors (Lipinski definition) is 4. The van der Waals surface area contributed by atoms with Gasteiger partial charge in [-0.3, -0.25) is 4.90 Å². The van der Waals surface area contributed by atoms with Crippen LogP contribution >= 0.6 is 0 Å². The first kappa shape index (κ1) is 19.4. The summed E-state index contributed by atoms with van der Waals surface area (Å²) in [5.41, 5.74) is 1.14. The van der Waals surface area contributed by atoms with E-state index in [2.05, 4.69) is 4.90 Å². The SMILES string of the molecule is CC(=O)CCc1ccc(OCC(O)CN2CCCC3CCCCC32)cc1. The number of aliphatic hydroxyl groups is 1. The second kappa shape index (κ2) is 9.52. The molecule has 3 atom stereocenters. The van der Waals surface area contributed by atoms with Gasteiger partial charge in [0.15, 0.2) is 0 Å². The van der Waals surface area contributed by atoms with Crippen molar-refractivity contribution in [1.82, 2.24) is 4.90 Å². The molecular weight excluding hydrogens is 326 g/mol. The van der Waals surface area contributed by atoms with Gasteiger partial charge in [0, 0.05) is 19.0 Å². The van der Waals surface area contributed by atoms with Crippen LogP contribution in [-0.2, 0) is 11.2 Å². The van der Waals surface area contributed by atoms with E-state index in [1.807, 2.05) is 24.3 Å². The molecule has 1 aromatic rings. The lowest BCUT2D eigenvalue weighted by molar-refractivity contribution is -0.116. The molecule has 2 fully saturated rings. The molecule has 1 N–H and O–H groups in total. The fourth-order valence-corrected chi connectivity index (χ4v) is 4.54. The molecule has 2 aliphatic rings. The predicted octanol–water partition coefficient (Wildman–Crippen LogP) is 3.60. The third kappa shape index (κ3) is 5.55. The number of carbonyl (C=O) groups excluding carboxylic acids is 1. The van der Waals surface area contributed by atoms with Gasteiger partial charge in [-0.15, -0.1) is 0 Å². The highest BCUT2D eigenvalue weighted by molar-refractivity contribution is 5.75. The fourth-order valence-electron chi connectivity index (χ4n) is 4.54. The van der Waals surface area contributed by atoms with E-state index < -0.39 is 6.10 Å². The molecule has 1 heterocycles. The maximum absolute atomic E-state index is 11.1. The first-order valence-corrected chi connectivity index (χ1v) is 10.2. The van der Waals surface area contributed by atoms with Gasteiger partial charge in [0.25, 0.3) is 0 Å². The maximum atomic E-state index is 11.1. The Labute approximate surface area is 157 Å². The van der Waals surface area contributed by atoms with Gasteiger partial charge >= 0.3 is 0 Å². The number of aliphatic hydroxyl groups excluding tert-OH is 1. The van der Waals surface area contributed by atoms with Crippen molar-refractivity contribution in [1.29, 1.82) is 0 Å². The van der Waals surface area contributed by atoms with Crippen molar-refractivity contribution in [2.75, 3.05) is 19.7 Å². The van der Waals surface area contributed by atoms with E-state index in [4.69, 9.17) is 4.74 Å². The van der Waals surface area contributed by atoms with Crippen LogP contribution < -0.4 is 4.74 Å². The van der Waals surface area contributed by atoms with Crippen molar-refractivity contribution in [3.8, 4) is 5.75 Å². The van der Waals surface area contributed by atoms with Crippen LogP contribution in [-0.4, -0.2) is 47.6 Å². The number of carbonyl (C=O) groups is 1. The molecule has 26 heavy (non-hydrogen) atoms. The summed E-state index contributed by atoms with van der Waals surface area (Å²) in [6.07, 6.45) is 8.90. The zero-order valence-corrected chi connectivity index (χ0v) is 16.0. The number of ketones is 1. The molecule has 3 rings (SSSR count). The highest BCUT2D eigenvalue weighted by atomic mass is 16.5. The lowest BCUT2D eigenvalue weighted by atomic mass is 9.78. The van der Waals surface area contributed by atoms with E-state index in [0.29, 0.717) is 19.1 Å². The van der Waals surface area contributed by atoms with Crippen LogP contribution in [0.2, 0.25) is 0 Å². The minimum Gasteiger partial charge on any atom is -0.491 e. The van der Waals surface area contributed by atoms with Gasteiger partial charge in [0.05, 0.1) is 0 Å². The Morgan fingerprint density at radius 3 is 2.69 bits per heavy atom. The van der Waals surface area contributed by atoms with Crippen molar-refractivity contribution in [3.05, 3.63) is 29.8 Å². The van der Waals surface area contributed by atoms with E-state index in [9.17, 15) is 9.90 Å². The number of benzene rings is 1. The summed E-state index contributed by atoms with van der Waals surface area (Å²) in [6.45, 7) is 3.79. The Morgan fingerprint density at radius 2 is 1.92 bits per heavy atom. The van der Waals surface area contributed by atoms with E-state index in [0.717, 1.165) is 36.7 Å². The van der Waals surface area contributed by atoms with Gasteiger partial charge in [0.2, 0.25) is 0 Å². The smallest absolute Gasteiger partial charge is 0.130 e. The molecule has 0 spiro atoms. The first-order valence-electron chi connectivity index (χ1n) is 10.2. The number of β-amino-alcohol motifs (C(OH)–C–C–N with tert-alkyl or cyclic N) is 1. The average Bonchev–Trinajstić information content (AvgIpc) is 2.66. The van der Waals surface area contributed by atoms with Crippen molar-refractivity contribution in [2.24, 2.45) is 5.92 Å². The number of fused-ring (bicyclic) bond motifs is 1. The molecule has 4 heteroatoms. The normalized spacial score (nSPS) is 24.7. The van der Waals surface area contributed by atoms with Crippen molar-refractivity contribution >= 4 is 5.78 Å². The number of nitrogens with zero attached hydrogens (tertiary/aromatic N) is 1. The lowest BCUT2D eigenvalue weighted by Crippen LogP contribution is -2.50. The highest BCUT2D eigenvalue weighted by Gasteiger charge is 2.33. The van der Waals surface area contributed by atoms with Gasteiger partial charge in [-0.25, -0.2) is 0 Å². The average molecular weight is 360 g/mol. The minimum atomic E-state index is -0.451. The summed E-state index contributed by atoms with van der Waals surface area (Å²) in [7, 11) is 0. The predicted molar refractivity (Wildman–Crippen MR) is 103 cm³/mol. The number of Topliss-reactive ketones (excluding diaryl/α,β-unsaturated/α-hetero) is 1. The van der Waals surface area contributed by atoms with E-state index in [1.54, 1.807) is 6.92 Å². The zero-order chi connectivity index (χ0) is 18.4. The van der Waals surface area contributed by atoms with Crippen molar-refractivity contribution < 1.29 is 14.6 Å². The zero-order valence-electron chi connectivity index (χ0n) is 16.0. The highest BCUT2D eigenvalue weighted by Crippen LogP contribution is 2.35. The third-order valence-electron chi connectivity index (χ3n) is 5.93. The summed E-state index contributed by atoms with van der Waals surface area (Å²) in [5.74, 6) is 1.84. The van der Waals surface area contributed by atoms with E-state index >= 15 is 0 Å². The topological polar surface area (TPSA) is 49.8 Å². The van der Waals surface area contributed by atoms with Crippen LogP contribution in [0, 0.1) is 5.92 Å². The number of rotatable bonds is 8. The maximum Gasteiger partial charge on any atom is 0.130 e.